The fraction of sp³-hybridized carbons (Fsp3) is 0.333. The van der Waals surface area contributed by atoms with Gasteiger partial charge >= 0.3 is 0 Å². The molecule has 2 N–H and O–H groups in total. The van der Waals surface area contributed by atoms with Crippen LogP contribution in [0.25, 0.3) is 10.9 Å². The van der Waals surface area contributed by atoms with Crippen LogP contribution in [0, 0.1) is 0 Å². The third-order valence-corrected chi connectivity index (χ3v) is 5.03. The van der Waals surface area contributed by atoms with Gasteiger partial charge in [-0.2, -0.15) is 0 Å². The minimum absolute atomic E-state index is 0.0405. The van der Waals surface area contributed by atoms with Crippen molar-refractivity contribution in [3.63, 3.8) is 0 Å². The second kappa shape index (κ2) is 6.33. The molecule has 124 valence electrons. The summed E-state index contributed by atoms with van der Waals surface area (Å²) in [5.74, 6) is 0.983. The molecule has 3 nitrogen and oxygen atoms in total. The van der Waals surface area contributed by atoms with Gasteiger partial charge in [0.1, 0.15) is 12.4 Å². The molecule has 0 unspecified atom stereocenters. The molecule has 3 heteroatoms. The lowest BCUT2D eigenvalue weighted by atomic mass is 10.1. The number of ether oxygens (including phenoxy) is 1. The Balaban J connectivity index is 1.77. The molecular formula is C21H24N2O. The second-order valence-corrected chi connectivity index (χ2v) is 6.55. The molecule has 0 fully saturated rings. The molecule has 0 spiro atoms. The van der Waals surface area contributed by atoms with Crippen molar-refractivity contribution in [2.45, 2.75) is 45.4 Å². The van der Waals surface area contributed by atoms with Crippen LogP contribution in [0.5, 0.6) is 5.75 Å². The summed E-state index contributed by atoms with van der Waals surface area (Å²) in [6.45, 7) is 2.74. The summed E-state index contributed by atoms with van der Waals surface area (Å²) in [6.07, 6.45) is 4.44. The summed E-state index contributed by atoms with van der Waals surface area (Å²) in [7, 11) is 0. The van der Waals surface area contributed by atoms with E-state index in [2.05, 4.69) is 41.8 Å². The normalized spacial score (nSPS) is 14.8. The monoisotopic (exact) mass is 320 g/mol. The smallest absolute Gasteiger partial charge is 0.129 e. The molecule has 1 aliphatic rings. The van der Waals surface area contributed by atoms with E-state index in [4.69, 9.17) is 10.5 Å². The predicted molar refractivity (Wildman–Crippen MR) is 98.3 cm³/mol. The Morgan fingerprint density at radius 2 is 1.92 bits per heavy atom. The zero-order valence-corrected chi connectivity index (χ0v) is 14.2. The lowest BCUT2D eigenvalue weighted by Crippen LogP contribution is -2.19. The number of nitrogens with two attached hydrogens (primary N) is 1. The predicted octanol–water partition coefficient (Wildman–Crippen LogP) is 4.58. The highest BCUT2D eigenvalue weighted by Crippen LogP contribution is 2.40. The fourth-order valence-electron chi connectivity index (χ4n) is 3.85. The topological polar surface area (TPSA) is 40.2 Å². The summed E-state index contributed by atoms with van der Waals surface area (Å²) < 4.78 is 8.54. The van der Waals surface area contributed by atoms with Crippen LogP contribution in [0.3, 0.4) is 0 Å². The van der Waals surface area contributed by atoms with E-state index < -0.39 is 0 Å². The first-order valence-electron chi connectivity index (χ1n) is 8.86. The molecule has 1 aromatic heterocycles. The van der Waals surface area contributed by atoms with Crippen LogP contribution in [0.2, 0.25) is 0 Å². The summed E-state index contributed by atoms with van der Waals surface area (Å²) in [5.41, 5.74) is 11.7. The maximum absolute atomic E-state index is 6.42. The largest absolute Gasteiger partial charge is 0.488 e. The number of aryl methyl sites for hydroxylation is 1. The Hall–Kier alpha value is -2.26. The molecule has 3 aromatic rings. The first kappa shape index (κ1) is 15.3. The maximum atomic E-state index is 6.42. The minimum Gasteiger partial charge on any atom is -0.488 e. The van der Waals surface area contributed by atoms with Gasteiger partial charge in [-0.1, -0.05) is 43.3 Å². The van der Waals surface area contributed by atoms with Crippen LogP contribution in [0.4, 0.5) is 0 Å². The molecule has 1 aliphatic carbocycles. The van der Waals surface area contributed by atoms with E-state index in [-0.39, 0.29) is 6.17 Å². The van der Waals surface area contributed by atoms with Crippen LogP contribution < -0.4 is 10.5 Å². The Bertz CT molecular complexity index is 851. The first-order chi connectivity index (χ1) is 11.8. The van der Waals surface area contributed by atoms with Crippen LogP contribution in [0.1, 0.15) is 42.8 Å². The third kappa shape index (κ3) is 2.49. The van der Waals surface area contributed by atoms with Gasteiger partial charge in [0.15, 0.2) is 0 Å². The Labute approximate surface area is 143 Å². The van der Waals surface area contributed by atoms with Crippen molar-refractivity contribution >= 4 is 10.9 Å². The van der Waals surface area contributed by atoms with Crippen LogP contribution >= 0.6 is 0 Å². The molecule has 0 aliphatic heterocycles. The van der Waals surface area contributed by atoms with E-state index >= 15 is 0 Å². The van der Waals surface area contributed by atoms with Gasteiger partial charge in [0.05, 0.1) is 11.7 Å². The van der Waals surface area contributed by atoms with E-state index in [0.29, 0.717) is 6.61 Å². The highest BCUT2D eigenvalue weighted by molar-refractivity contribution is 5.92. The number of fused-ring (bicyclic) bond motifs is 3. The van der Waals surface area contributed by atoms with Crippen molar-refractivity contribution < 1.29 is 4.74 Å². The molecule has 4 rings (SSSR count). The second-order valence-electron chi connectivity index (χ2n) is 6.55. The van der Waals surface area contributed by atoms with Gasteiger partial charge in [0.2, 0.25) is 0 Å². The molecule has 0 radical (unpaired) electrons. The van der Waals surface area contributed by atoms with Crippen molar-refractivity contribution in [3.8, 4) is 5.75 Å². The molecule has 0 saturated heterocycles. The lowest BCUT2D eigenvalue weighted by Gasteiger charge is -2.16. The van der Waals surface area contributed by atoms with Gasteiger partial charge in [-0.05, 0) is 48.9 Å². The number of hydrogen-bond acceptors (Lipinski definition) is 2. The summed E-state index contributed by atoms with van der Waals surface area (Å²) in [4.78, 5) is 0. The van der Waals surface area contributed by atoms with Crippen molar-refractivity contribution in [1.29, 1.82) is 0 Å². The molecule has 0 saturated carbocycles. The van der Waals surface area contributed by atoms with Crippen molar-refractivity contribution in [2.24, 2.45) is 5.73 Å². The summed E-state index contributed by atoms with van der Waals surface area (Å²) in [5, 5.41) is 1.27. The quantitative estimate of drug-likeness (QED) is 0.747. The van der Waals surface area contributed by atoms with Gasteiger partial charge in [0, 0.05) is 11.1 Å². The number of rotatable bonds is 5. The first-order valence-corrected chi connectivity index (χ1v) is 8.86. The van der Waals surface area contributed by atoms with E-state index in [1.54, 1.807) is 0 Å². The fourth-order valence-corrected chi connectivity index (χ4v) is 3.85. The molecule has 2 aromatic carbocycles. The Morgan fingerprint density at radius 1 is 1.08 bits per heavy atom. The molecule has 0 bridgehead atoms. The van der Waals surface area contributed by atoms with Crippen molar-refractivity contribution in [1.82, 2.24) is 4.57 Å². The van der Waals surface area contributed by atoms with Crippen molar-refractivity contribution in [2.75, 3.05) is 0 Å². The van der Waals surface area contributed by atoms with Crippen molar-refractivity contribution in [3.05, 3.63) is 65.4 Å². The minimum atomic E-state index is 0.0405. The number of nitrogens with zero attached hydrogens (tertiary/aromatic N) is 1. The number of hydrogen-bond donors (Lipinski definition) is 1. The van der Waals surface area contributed by atoms with Gasteiger partial charge in [-0.3, -0.25) is 0 Å². The van der Waals surface area contributed by atoms with Crippen LogP contribution in [0.15, 0.2) is 48.5 Å². The van der Waals surface area contributed by atoms with Crippen LogP contribution in [-0.2, 0) is 19.4 Å². The van der Waals surface area contributed by atoms with Crippen LogP contribution in [-0.4, -0.2) is 4.57 Å². The van der Waals surface area contributed by atoms with Gasteiger partial charge in [0.25, 0.3) is 0 Å². The third-order valence-electron chi connectivity index (χ3n) is 5.03. The molecule has 1 atom stereocenters. The maximum Gasteiger partial charge on any atom is 0.129 e. The van der Waals surface area contributed by atoms with E-state index in [1.807, 2.05) is 18.2 Å². The highest BCUT2D eigenvalue weighted by Gasteiger charge is 2.25. The Kier molecular flexibility index (Phi) is 4.03. The average molecular weight is 320 g/mol. The van der Waals surface area contributed by atoms with Gasteiger partial charge < -0.3 is 15.0 Å². The summed E-state index contributed by atoms with van der Waals surface area (Å²) >= 11 is 0. The lowest BCUT2D eigenvalue weighted by molar-refractivity contribution is 0.310. The summed E-state index contributed by atoms with van der Waals surface area (Å²) in [6, 6.07) is 16.7. The highest BCUT2D eigenvalue weighted by atomic mass is 16.5. The zero-order chi connectivity index (χ0) is 16.5. The van der Waals surface area contributed by atoms with Gasteiger partial charge in [-0.25, -0.2) is 0 Å². The van der Waals surface area contributed by atoms with E-state index in [1.165, 1.54) is 34.1 Å². The number of aromatic nitrogens is 1. The van der Waals surface area contributed by atoms with E-state index in [9.17, 15) is 0 Å². The molecule has 0 amide bonds. The average Bonchev–Trinajstić information content (AvgIpc) is 3.20. The Morgan fingerprint density at radius 3 is 2.71 bits per heavy atom. The zero-order valence-electron chi connectivity index (χ0n) is 14.2. The molecule has 1 heterocycles. The molecular weight excluding hydrogens is 296 g/mol. The SMILES string of the molecule is CC[C@@H](N)n1c2c(c3c(OCc4ccccc4)cccc31)CCC2. The standard InChI is InChI=1S/C21H24N2O/c1-2-20(22)23-17-11-6-10-16(17)21-18(23)12-7-13-19(21)24-14-15-8-4-3-5-9-15/h3-5,7-9,12-13,20H,2,6,10-11,14,22H2,1H3/t20-/m0/s1. The van der Waals surface area contributed by atoms with E-state index in [0.717, 1.165) is 25.0 Å². The van der Waals surface area contributed by atoms with Gasteiger partial charge in [-0.15, -0.1) is 0 Å². The molecule has 24 heavy (non-hydrogen) atoms. The number of benzene rings is 2.